The minimum Gasteiger partial charge on any atom is -0.390 e. The molecule has 0 fully saturated rings. The van der Waals surface area contributed by atoms with Crippen molar-refractivity contribution in [2.75, 3.05) is 25.5 Å². The quantitative estimate of drug-likeness (QED) is 0.342. The predicted octanol–water partition coefficient (Wildman–Crippen LogP) is 2.94. The lowest BCUT2D eigenvalue weighted by Gasteiger charge is -2.31. The molecule has 0 spiro atoms. The van der Waals surface area contributed by atoms with Crippen molar-refractivity contribution in [3.05, 3.63) is 72.2 Å². The molecule has 0 bridgehead atoms. The number of urea groups is 1. The van der Waals surface area contributed by atoms with Gasteiger partial charge in [-0.1, -0.05) is 55.1 Å². The van der Waals surface area contributed by atoms with Crippen LogP contribution in [0.5, 0.6) is 0 Å². The number of nitrogens with zero attached hydrogens (tertiary/aromatic N) is 6. The number of quaternary nitrogens is 1. The number of carbonyl (C=O) groups is 2. The number of fused-ring (bicyclic) bond motifs is 1. The zero-order valence-corrected chi connectivity index (χ0v) is 19.9. The third-order valence-electron chi connectivity index (χ3n) is 6.34. The van der Waals surface area contributed by atoms with Gasteiger partial charge in [-0.05, 0) is 34.4 Å². The van der Waals surface area contributed by atoms with Crippen molar-refractivity contribution in [2.24, 2.45) is 0 Å². The molecule has 0 saturated carbocycles. The standard InChI is InChI=1S/C25H24N8O3/c1-15(2)23-26-22-20(24(35)33(3,12-13-34)25(36)27-22)32(23)14-16-8-10-17(11-9-16)18-6-4-5-7-19(18)21-28-30-31-29-21/h4-11,34H,1,12-14H2,2-3H3,(H-,27,28,29,30,31,35,36)/p+1. The Kier molecular flexibility index (Phi) is 5.78. The molecule has 0 aliphatic carbocycles. The fraction of sp³-hybridized carbons (Fsp3) is 0.200. The van der Waals surface area contributed by atoms with E-state index < -0.39 is 16.4 Å². The highest BCUT2D eigenvalue weighted by molar-refractivity contribution is 6.07. The minimum atomic E-state index is -0.587. The molecular weight excluding hydrogens is 460 g/mol. The van der Waals surface area contributed by atoms with Crippen LogP contribution in [0.1, 0.15) is 28.8 Å². The molecule has 3 amide bonds. The highest BCUT2D eigenvalue weighted by atomic mass is 16.3. The SMILES string of the molecule is C=C(C)c1nc2c(n1Cc1ccc(-c3ccccc3-c3nn[nH]n3)cc1)C(=O)[N+](C)(CCO)C(=O)N2. The van der Waals surface area contributed by atoms with Gasteiger partial charge in [0.1, 0.15) is 12.4 Å². The largest absolute Gasteiger partial charge is 0.429 e. The molecule has 36 heavy (non-hydrogen) atoms. The number of aromatic nitrogens is 6. The maximum atomic E-state index is 13.5. The minimum absolute atomic E-state index is 0.0355. The van der Waals surface area contributed by atoms with Crippen LogP contribution in [-0.2, 0) is 6.54 Å². The molecular formula is C25H25N8O3+. The third kappa shape index (κ3) is 3.80. The number of nitrogens with one attached hydrogen (secondary N) is 2. The van der Waals surface area contributed by atoms with Gasteiger partial charge in [0.15, 0.2) is 11.5 Å². The van der Waals surface area contributed by atoms with Crippen LogP contribution in [0.3, 0.4) is 0 Å². The number of imidazole rings is 1. The maximum absolute atomic E-state index is 13.5. The monoisotopic (exact) mass is 485 g/mol. The molecule has 0 radical (unpaired) electrons. The summed E-state index contributed by atoms with van der Waals surface area (Å²) in [6.45, 7) is 5.81. The van der Waals surface area contributed by atoms with Crippen LogP contribution >= 0.6 is 0 Å². The summed E-state index contributed by atoms with van der Waals surface area (Å²) in [6.07, 6.45) is 0. The second kappa shape index (κ2) is 8.95. The Morgan fingerprint density at radius 3 is 2.47 bits per heavy atom. The zero-order valence-electron chi connectivity index (χ0n) is 19.9. The number of imide groups is 1. The van der Waals surface area contributed by atoms with Gasteiger partial charge in [-0.3, -0.25) is 5.32 Å². The number of amides is 3. The third-order valence-corrected chi connectivity index (χ3v) is 6.34. The summed E-state index contributed by atoms with van der Waals surface area (Å²) in [5, 5.41) is 26.5. The van der Waals surface area contributed by atoms with Crippen molar-refractivity contribution < 1.29 is 19.2 Å². The van der Waals surface area contributed by atoms with Crippen LogP contribution in [0.4, 0.5) is 10.6 Å². The first-order chi connectivity index (χ1) is 17.3. The Morgan fingerprint density at radius 1 is 1.11 bits per heavy atom. The number of aliphatic hydroxyl groups excluding tert-OH is 1. The fourth-order valence-corrected chi connectivity index (χ4v) is 4.37. The summed E-state index contributed by atoms with van der Waals surface area (Å²) in [4.78, 5) is 30.6. The number of aromatic amines is 1. The first kappa shape index (κ1) is 23.3. The number of hydrogen-bond donors (Lipinski definition) is 3. The summed E-state index contributed by atoms with van der Waals surface area (Å²) in [5.74, 6) is 0.809. The van der Waals surface area contributed by atoms with Crippen LogP contribution in [0.25, 0.3) is 28.1 Å². The van der Waals surface area contributed by atoms with Gasteiger partial charge in [0.2, 0.25) is 5.82 Å². The van der Waals surface area contributed by atoms with Crippen LogP contribution in [0, 0.1) is 0 Å². The average Bonchev–Trinajstić information content (AvgIpc) is 3.52. The number of rotatable bonds is 7. The molecule has 1 aliphatic rings. The van der Waals surface area contributed by atoms with Crippen LogP contribution in [0.2, 0.25) is 0 Å². The molecule has 0 saturated heterocycles. The summed E-state index contributed by atoms with van der Waals surface area (Å²) < 4.78 is 1.19. The Labute approximate surface area is 206 Å². The lowest BCUT2D eigenvalue weighted by molar-refractivity contribution is -0.744. The van der Waals surface area contributed by atoms with Gasteiger partial charge < -0.3 is 9.67 Å². The fourth-order valence-electron chi connectivity index (χ4n) is 4.37. The van der Waals surface area contributed by atoms with E-state index in [0.29, 0.717) is 23.8 Å². The topological polar surface area (TPSA) is 139 Å². The lowest BCUT2D eigenvalue weighted by atomic mass is 9.98. The number of hydrogen-bond acceptors (Lipinski definition) is 7. The second-order valence-corrected chi connectivity index (χ2v) is 8.85. The summed E-state index contributed by atoms with van der Waals surface area (Å²) in [6, 6.07) is 15.2. The zero-order chi connectivity index (χ0) is 25.4. The van der Waals surface area contributed by atoms with Gasteiger partial charge in [0.05, 0.1) is 20.2 Å². The first-order valence-corrected chi connectivity index (χ1v) is 11.3. The molecule has 2 aromatic heterocycles. The smallest absolute Gasteiger partial charge is 0.390 e. The number of allylic oxidation sites excluding steroid dienone is 1. The van der Waals surface area contributed by atoms with E-state index in [0.717, 1.165) is 22.3 Å². The van der Waals surface area contributed by atoms with Crippen LogP contribution in [-0.4, -0.2) is 71.9 Å². The Morgan fingerprint density at radius 2 is 1.83 bits per heavy atom. The van der Waals surface area contributed by atoms with Gasteiger partial charge in [-0.15, -0.1) is 10.2 Å². The van der Waals surface area contributed by atoms with E-state index in [1.807, 2.05) is 48.5 Å². The number of benzene rings is 2. The summed E-state index contributed by atoms with van der Waals surface area (Å²) in [5.41, 5.74) is 4.67. The highest BCUT2D eigenvalue weighted by Crippen LogP contribution is 2.32. The average molecular weight is 486 g/mol. The molecule has 3 N–H and O–H groups in total. The molecule has 182 valence electrons. The van der Waals surface area contributed by atoms with Crippen LogP contribution in [0.15, 0.2) is 55.1 Å². The van der Waals surface area contributed by atoms with E-state index in [1.165, 1.54) is 7.05 Å². The van der Waals surface area contributed by atoms with Crippen molar-refractivity contribution >= 4 is 23.3 Å². The number of H-pyrrole nitrogens is 1. The van der Waals surface area contributed by atoms with Crippen molar-refractivity contribution in [1.29, 1.82) is 0 Å². The van der Waals surface area contributed by atoms with Gasteiger partial charge in [-0.2, -0.15) is 9.70 Å². The van der Waals surface area contributed by atoms with Crippen molar-refractivity contribution in [3.8, 4) is 22.5 Å². The van der Waals surface area contributed by atoms with Gasteiger partial charge in [-0.25, -0.2) is 14.6 Å². The number of carbonyl (C=O) groups excluding carboxylic acids is 2. The second-order valence-electron chi connectivity index (χ2n) is 8.85. The van der Waals surface area contributed by atoms with Crippen molar-refractivity contribution in [3.63, 3.8) is 0 Å². The molecule has 1 aliphatic heterocycles. The molecule has 3 heterocycles. The summed E-state index contributed by atoms with van der Waals surface area (Å²) >= 11 is 0. The van der Waals surface area contributed by atoms with E-state index in [-0.39, 0.29) is 24.7 Å². The number of anilines is 1. The van der Waals surface area contributed by atoms with Gasteiger partial charge >= 0.3 is 11.9 Å². The molecule has 4 aromatic rings. The molecule has 11 nitrogen and oxygen atoms in total. The summed E-state index contributed by atoms with van der Waals surface area (Å²) in [7, 11) is 1.49. The number of tetrazole rings is 1. The van der Waals surface area contributed by atoms with Crippen molar-refractivity contribution in [1.82, 2.24) is 30.2 Å². The van der Waals surface area contributed by atoms with Crippen molar-refractivity contribution in [2.45, 2.75) is 13.5 Å². The number of aliphatic hydroxyl groups is 1. The first-order valence-electron chi connectivity index (χ1n) is 11.3. The van der Waals surface area contributed by atoms with Gasteiger partial charge in [0.25, 0.3) is 0 Å². The van der Waals surface area contributed by atoms with E-state index in [1.54, 1.807) is 11.5 Å². The van der Waals surface area contributed by atoms with E-state index in [9.17, 15) is 14.7 Å². The van der Waals surface area contributed by atoms with E-state index in [2.05, 4.69) is 37.5 Å². The highest BCUT2D eigenvalue weighted by Gasteiger charge is 2.49. The Balaban J connectivity index is 1.51. The Hall–Kier alpha value is -4.48. The number of likely N-dealkylation sites (N-methyl/N-ethyl adjacent to an activating group) is 1. The predicted molar refractivity (Wildman–Crippen MR) is 133 cm³/mol. The van der Waals surface area contributed by atoms with E-state index in [4.69, 9.17) is 0 Å². The normalized spacial score (nSPS) is 17.1. The molecule has 2 aromatic carbocycles. The Bertz CT molecular complexity index is 1470. The van der Waals surface area contributed by atoms with Gasteiger partial charge in [0, 0.05) is 5.56 Å². The maximum Gasteiger partial charge on any atom is 0.429 e. The lowest BCUT2D eigenvalue weighted by Crippen LogP contribution is -2.60. The molecule has 5 rings (SSSR count). The molecule has 1 atom stereocenters. The van der Waals surface area contributed by atoms with Crippen LogP contribution < -0.4 is 5.32 Å². The van der Waals surface area contributed by atoms with E-state index >= 15 is 0 Å². The molecule has 11 heteroatoms. The molecule has 1 unspecified atom stereocenters.